The molecule has 0 saturated carbocycles. The number of Topliss-reactive ketones (excluding diaryl/α,β-unsaturated/α-hetero) is 1. The Morgan fingerprint density at radius 1 is 1.43 bits per heavy atom. The van der Waals surface area contributed by atoms with Crippen molar-refractivity contribution in [2.75, 3.05) is 0 Å². The van der Waals surface area contributed by atoms with Crippen LogP contribution < -0.4 is 4.74 Å². The van der Waals surface area contributed by atoms with Crippen molar-refractivity contribution < 1.29 is 19.1 Å². The molecule has 1 aliphatic rings. The molecule has 1 aromatic rings. The quantitative estimate of drug-likeness (QED) is 0.630. The second-order valence-electron chi connectivity index (χ2n) is 5.80. The molecule has 0 N–H and O–H groups in total. The number of esters is 1. The largest absolute Gasteiger partial charge is 0.487 e. The summed E-state index contributed by atoms with van der Waals surface area (Å²) in [6.07, 6.45) is 2.92. The predicted octanol–water partition coefficient (Wildman–Crippen LogP) is 3.61. The van der Waals surface area contributed by atoms with Crippen LogP contribution >= 0.6 is 0 Å². The topological polar surface area (TPSA) is 52.6 Å². The summed E-state index contributed by atoms with van der Waals surface area (Å²) in [7, 11) is 0. The van der Waals surface area contributed by atoms with Gasteiger partial charge < -0.3 is 9.47 Å². The maximum atomic E-state index is 12.2. The van der Waals surface area contributed by atoms with Gasteiger partial charge >= 0.3 is 5.97 Å². The summed E-state index contributed by atoms with van der Waals surface area (Å²) in [6.45, 7) is 7.32. The molecule has 1 aromatic carbocycles. The van der Waals surface area contributed by atoms with E-state index in [-0.39, 0.29) is 5.78 Å². The lowest BCUT2D eigenvalue weighted by molar-refractivity contribution is -0.142. The van der Waals surface area contributed by atoms with Crippen molar-refractivity contribution in [1.82, 2.24) is 0 Å². The molecule has 0 amide bonds. The number of hydrogen-bond acceptors (Lipinski definition) is 4. The van der Waals surface area contributed by atoms with Crippen LogP contribution in [0.3, 0.4) is 0 Å². The van der Waals surface area contributed by atoms with Gasteiger partial charge in [0.15, 0.2) is 5.78 Å². The molecule has 0 saturated heterocycles. The van der Waals surface area contributed by atoms with E-state index in [2.05, 4.69) is 0 Å². The predicted molar refractivity (Wildman–Crippen MR) is 79.4 cm³/mol. The summed E-state index contributed by atoms with van der Waals surface area (Å²) in [5, 5.41) is 0. The lowest BCUT2D eigenvalue weighted by Crippen LogP contribution is -2.35. The van der Waals surface area contributed by atoms with Gasteiger partial charge in [-0.15, -0.1) is 0 Å². The van der Waals surface area contributed by atoms with E-state index in [0.29, 0.717) is 17.7 Å². The van der Waals surface area contributed by atoms with Gasteiger partial charge in [-0.2, -0.15) is 0 Å². The van der Waals surface area contributed by atoms with Crippen molar-refractivity contribution in [3.05, 3.63) is 41.5 Å². The van der Waals surface area contributed by atoms with E-state index in [1.807, 2.05) is 19.9 Å². The average molecular weight is 288 g/mol. The standard InChI is InChI=1S/C17H20O4/c1-5-6-16(19)20-11(2)12-7-8-15-13(9-12)14(18)10-17(3,4)21-15/h5-9,11H,10H2,1-4H3. The van der Waals surface area contributed by atoms with Gasteiger partial charge in [-0.3, -0.25) is 4.79 Å². The molecule has 0 radical (unpaired) electrons. The van der Waals surface area contributed by atoms with E-state index in [9.17, 15) is 9.59 Å². The summed E-state index contributed by atoms with van der Waals surface area (Å²) in [5.74, 6) is 0.244. The lowest BCUT2D eigenvalue weighted by Gasteiger charge is -2.32. The van der Waals surface area contributed by atoms with E-state index in [4.69, 9.17) is 9.47 Å². The van der Waals surface area contributed by atoms with Crippen LogP contribution in [0.15, 0.2) is 30.4 Å². The van der Waals surface area contributed by atoms with Gasteiger partial charge in [-0.25, -0.2) is 4.79 Å². The van der Waals surface area contributed by atoms with Crippen molar-refractivity contribution in [1.29, 1.82) is 0 Å². The van der Waals surface area contributed by atoms with Crippen molar-refractivity contribution in [2.45, 2.75) is 45.8 Å². The highest BCUT2D eigenvalue weighted by molar-refractivity contribution is 6.00. The summed E-state index contributed by atoms with van der Waals surface area (Å²) < 4.78 is 11.1. The summed E-state index contributed by atoms with van der Waals surface area (Å²) in [6, 6.07) is 5.34. The second-order valence-corrected chi connectivity index (χ2v) is 5.80. The van der Waals surface area contributed by atoms with Crippen LogP contribution in [0, 0.1) is 0 Å². The first kappa shape index (κ1) is 15.3. The highest BCUT2D eigenvalue weighted by atomic mass is 16.5. The van der Waals surface area contributed by atoms with Gasteiger partial charge in [0, 0.05) is 6.08 Å². The number of carbonyl (C=O) groups excluding carboxylic acids is 2. The number of fused-ring (bicyclic) bond motifs is 1. The summed E-state index contributed by atoms with van der Waals surface area (Å²) in [5.41, 5.74) is 0.860. The number of carbonyl (C=O) groups is 2. The Labute approximate surface area is 124 Å². The fraction of sp³-hybridized carbons (Fsp3) is 0.412. The highest BCUT2D eigenvalue weighted by Crippen LogP contribution is 2.34. The van der Waals surface area contributed by atoms with Crippen LogP contribution in [-0.2, 0) is 9.53 Å². The van der Waals surface area contributed by atoms with Crippen molar-refractivity contribution in [3.63, 3.8) is 0 Å². The third kappa shape index (κ3) is 3.51. The molecule has 0 aromatic heterocycles. The molecule has 2 rings (SSSR count). The van der Waals surface area contributed by atoms with Crippen LogP contribution in [-0.4, -0.2) is 17.4 Å². The number of ether oxygens (including phenoxy) is 2. The Kier molecular flexibility index (Phi) is 4.16. The van der Waals surface area contributed by atoms with Gasteiger partial charge in [-0.1, -0.05) is 12.1 Å². The van der Waals surface area contributed by atoms with Crippen molar-refractivity contribution >= 4 is 11.8 Å². The molecule has 0 fully saturated rings. The monoisotopic (exact) mass is 288 g/mol. The molecule has 21 heavy (non-hydrogen) atoms. The smallest absolute Gasteiger partial charge is 0.331 e. The Balaban J connectivity index is 2.23. The molecule has 0 aliphatic carbocycles. The molecule has 112 valence electrons. The van der Waals surface area contributed by atoms with Crippen LogP contribution in [0.5, 0.6) is 5.75 Å². The van der Waals surface area contributed by atoms with Crippen molar-refractivity contribution in [3.8, 4) is 5.75 Å². The molecule has 1 atom stereocenters. The summed E-state index contributed by atoms with van der Waals surface area (Å²) >= 11 is 0. The van der Waals surface area contributed by atoms with E-state index < -0.39 is 17.7 Å². The van der Waals surface area contributed by atoms with E-state index in [1.165, 1.54) is 6.08 Å². The SMILES string of the molecule is CC=CC(=O)OC(C)c1ccc2c(c1)C(=O)CC(C)(C)O2. The maximum absolute atomic E-state index is 12.2. The fourth-order valence-electron chi connectivity index (χ4n) is 2.34. The maximum Gasteiger partial charge on any atom is 0.331 e. The second kappa shape index (κ2) is 5.72. The number of ketones is 1. The lowest BCUT2D eigenvalue weighted by atomic mass is 9.91. The third-order valence-corrected chi connectivity index (χ3v) is 3.34. The molecule has 0 bridgehead atoms. The fourth-order valence-corrected chi connectivity index (χ4v) is 2.34. The molecule has 1 heterocycles. The van der Waals surface area contributed by atoms with Crippen LogP contribution in [0.25, 0.3) is 0 Å². The Bertz CT molecular complexity index is 599. The van der Waals surface area contributed by atoms with Gasteiger partial charge in [0.2, 0.25) is 0 Å². The van der Waals surface area contributed by atoms with Gasteiger partial charge in [0.25, 0.3) is 0 Å². The van der Waals surface area contributed by atoms with Crippen LogP contribution in [0.4, 0.5) is 0 Å². The van der Waals surface area contributed by atoms with Gasteiger partial charge in [-0.05, 0) is 45.4 Å². The van der Waals surface area contributed by atoms with E-state index in [0.717, 1.165) is 5.56 Å². The third-order valence-electron chi connectivity index (χ3n) is 3.34. The minimum Gasteiger partial charge on any atom is -0.487 e. The molecule has 1 aliphatic heterocycles. The highest BCUT2D eigenvalue weighted by Gasteiger charge is 2.32. The Morgan fingerprint density at radius 2 is 2.14 bits per heavy atom. The number of hydrogen-bond donors (Lipinski definition) is 0. The number of allylic oxidation sites excluding steroid dienone is 1. The van der Waals surface area contributed by atoms with Crippen molar-refractivity contribution in [2.24, 2.45) is 0 Å². The first-order valence-electron chi connectivity index (χ1n) is 7.02. The van der Waals surface area contributed by atoms with Crippen LogP contribution in [0.2, 0.25) is 0 Å². The molecule has 4 heteroatoms. The van der Waals surface area contributed by atoms with E-state index in [1.54, 1.807) is 32.1 Å². The molecule has 1 unspecified atom stereocenters. The first-order chi connectivity index (χ1) is 9.82. The number of benzene rings is 1. The molecular weight excluding hydrogens is 268 g/mol. The zero-order valence-electron chi connectivity index (χ0n) is 12.8. The van der Waals surface area contributed by atoms with Gasteiger partial charge in [0.1, 0.15) is 17.5 Å². The summed E-state index contributed by atoms with van der Waals surface area (Å²) in [4.78, 5) is 23.7. The normalized spacial score (nSPS) is 18.0. The first-order valence-corrected chi connectivity index (χ1v) is 7.02. The minimum absolute atomic E-state index is 0.0510. The Morgan fingerprint density at radius 3 is 2.81 bits per heavy atom. The minimum atomic E-state index is -0.477. The average Bonchev–Trinajstić information content (AvgIpc) is 2.37. The number of rotatable bonds is 3. The Hall–Kier alpha value is -2.10. The van der Waals surface area contributed by atoms with Crippen LogP contribution in [0.1, 0.15) is 56.1 Å². The zero-order valence-corrected chi connectivity index (χ0v) is 12.8. The van der Waals surface area contributed by atoms with E-state index >= 15 is 0 Å². The molecular formula is C17H20O4. The van der Waals surface area contributed by atoms with Gasteiger partial charge in [0.05, 0.1) is 12.0 Å². The zero-order chi connectivity index (χ0) is 15.6. The molecule has 4 nitrogen and oxygen atoms in total. The molecule has 0 spiro atoms.